The number of hydrogen-bond acceptors (Lipinski definition) is 2. The first-order chi connectivity index (χ1) is 11.9. The van der Waals surface area contributed by atoms with Crippen molar-refractivity contribution in [1.82, 2.24) is 15.5 Å². The molecule has 1 heterocycles. The van der Waals surface area contributed by atoms with Crippen LogP contribution in [0.3, 0.4) is 0 Å². The molecule has 0 radical (unpaired) electrons. The Kier molecular flexibility index (Phi) is 7.30. The Bertz CT molecular complexity index is 534. The summed E-state index contributed by atoms with van der Waals surface area (Å²) in [6.45, 7) is 11.1. The van der Waals surface area contributed by atoms with Gasteiger partial charge in [-0.3, -0.25) is 4.99 Å². The summed E-state index contributed by atoms with van der Waals surface area (Å²) >= 11 is 0. The van der Waals surface area contributed by atoms with Crippen molar-refractivity contribution in [2.75, 3.05) is 40.3 Å². The summed E-state index contributed by atoms with van der Waals surface area (Å²) in [6, 6.07) is 9.00. The molecule has 0 amide bonds. The molecule has 2 N–H and O–H groups in total. The maximum absolute atomic E-state index is 4.35. The van der Waals surface area contributed by atoms with E-state index in [-0.39, 0.29) is 5.41 Å². The van der Waals surface area contributed by atoms with Gasteiger partial charge in [-0.2, -0.15) is 0 Å². The Morgan fingerprint density at radius 2 is 1.76 bits per heavy atom. The second-order valence-corrected chi connectivity index (χ2v) is 8.32. The van der Waals surface area contributed by atoms with Gasteiger partial charge in [-0.1, -0.05) is 45.0 Å². The zero-order chi connectivity index (χ0) is 18.3. The molecule has 1 saturated heterocycles. The molecule has 1 aromatic rings. The Hall–Kier alpha value is -1.55. The summed E-state index contributed by atoms with van der Waals surface area (Å²) in [4.78, 5) is 6.76. The zero-order valence-electron chi connectivity index (χ0n) is 16.7. The van der Waals surface area contributed by atoms with Crippen LogP contribution < -0.4 is 10.6 Å². The lowest BCUT2D eigenvalue weighted by Crippen LogP contribution is -2.42. The number of guanidine groups is 1. The molecule has 0 spiro atoms. The number of likely N-dealkylation sites (tertiary alicyclic amines) is 1. The van der Waals surface area contributed by atoms with Crippen LogP contribution in [0.4, 0.5) is 0 Å². The standard InChI is InChI=1S/C21H36N4/c1-21(2,3)19-8-6-17(7-9-19)10-13-23-20(22-4)24-16-18-11-14-25(5)15-12-18/h6-9,18H,10-16H2,1-5H3,(H2,22,23,24). The second-order valence-electron chi connectivity index (χ2n) is 8.32. The summed E-state index contributed by atoms with van der Waals surface area (Å²) in [5.41, 5.74) is 2.97. The monoisotopic (exact) mass is 344 g/mol. The molecule has 0 atom stereocenters. The van der Waals surface area contributed by atoms with Gasteiger partial charge in [0.2, 0.25) is 0 Å². The van der Waals surface area contributed by atoms with E-state index in [1.54, 1.807) is 0 Å². The molecule has 0 bridgehead atoms. The van der Waals surface area contributed by atoms with Crippen LogP contribution in [-0.4, -0.2) is 51.1 Å². The summed E-state index contributed by atoms with van der Waals surface area (Å²) < 4.78 is 0. The van der Waals surface area contributed by atoms with E-state index in [0.717, 1.165) is 31.4 Å². The van der Waals surface area contributed by atoms with Crippen molar-refractivity contribution >= 4 is 5.96 Å². The van der Waals surface area contributed by atoms with Crippen LogP contribution in [0, 0.1) is 5.92 Å². The smallest absolute Gasteiger partial charge is 0.190 e. The van der Waals surface area contributed by atoms with E-state index >= 15 is 0 Å². The van der Waals surface area contributed by atoms with Crippen LogP contribution in [0.1, 0.15) is 44.7 Å². The van der Waals surface area contributed by atoms with Crippen molar-refractivity contribution in [1.29, 1.82) is 0 Å². The van der Waals surface area contributed by atoms with Crippen LogP contribution in [-0.2, 0) is 11.8 Å². The number of piperidine rings is 1. The zero-order valence-corrected chi connectivity index (χ0v) is 16.7. The average Bonchev–Trinajstić information content (AvgIpc) is 2.59. The van der Waals surface area contributed by atoms with Gasteiger partial charge in [-0.05, 0) is 61.9 Å². The first kappa shape index (κ1) is 19.8. The molecule has 25 heavy (non-hydrogen) atoms. The van der Waals surface area contributed by atoms with Crippen LogP contribution >= 0.6 is 0 Å². The molecular weight excluding hydrogens is 308 g/mol. The number of nitrogens with one attached hydrogen (secondary N) is 2. The maximum atomic E-state index is 4.35. The normalized spacial score (nSPS) is 17.6. The second kappa shape index (κ2) is 9.23. The quantitative estimate of drug-likeness (QED) is 0.637. The van der Waals surface area contributed by atoms with Crippen LogP contribution in [0.2, 0.25) is 0 Å². The van der Waals surface area contributed by atoms with Gasteiger partial charge in [0.25, 0.3) is 0 Å². The molecule has 2 rings (SSSR count). The molecule has 1 fully saturated rings. The number of aliphatic imine (C=N–C) groups is 1. The molecule has 4 heteroatoms. The Morgan fingerprint density at radius 3 is 2.32 bits per heavy atom. The van der Waals surface area contributed by atoms with Gasteiger partial charge in [0.1, 0.15) is 0 Å². The van der Waals surface area contributed by atoms with E-state index < -0.39 is 0 Å². The Labute approximate surface area is 154 Å². The summed E-state index contributed by atoms with van der Waals surface area (Å²) in [7, 11) is 4.06. The van der Waals surface area contributed by atoms with Crippen molar-refractivity contribution in [2.24, 2.45) is 10.9 Å². The highest BCUT2D eigenvalue weighted by Gasteiger charge is 2.16. The minimum absolute atomic E-state index is 0.219. The van der Waals surface area contributed by atoms with Gasteiger partial charge in [-0.25, -0.2) is 0 Å². The first-order valence-electron chi connectivity index (χ1n) is 9.61. The number of rotatable bonds is 5. The van der Waals surface area contributed by atoms with E-state index in [4.69, 9.17) is 0 Å². The molecule has 0 unspecified atom stereocenters. The molecule has 1 aliphatic rings. The van der Waals surface area contributed by atoms with Crippen molar-refractivity contribution in [3.63, 3.8) is 0 Å². The minimum Gasteiger partial charge on any atom is -0.356 e. The van der Waals surface area contributed by atoms with E-state index in [0.29, 0.717) is 0 Å². The van der Waals surface area contributed by atoms with Gasteiger partial charge in [-0.15, -0.1) is 0 Å². The summed E-state index contributed by atoms with van der Waals surface area (Å²) in [5, 5.41) is 6.93. The number of benzene rings is 1. The first-order valence-corrected chi connectivity index (χ1v) is 9.61. The third kappa shape index (κ3) is 6.69. The van der Waals surface area contributed by atoms with E-state index in [1.165, 1.54) is 37.1 Å². The number of nitrogens with zero attached hydrogens (tertiary/aromatic N) is 2. The molecule has 4 nitrogen and oxygen atoms in total. The molecule has 140 valence electrons. The van der Waals surface area contributed by atoms with Crippen molar-refractivity contribution in [3.8, 4) is 0 Å². The van der Waals surface area contributed by atoms with Gasteiger partial charge < -0.3 is 15.5 Å². The molecule has 1 aromatic carbocycles. The molecule has 1 aliphatic heterocycles. The van der Waals surface area contributed by atoms with Gasteiger partial charge in [0.05, 0.1) is 0 Å². The SMILES string of the molecule is CN=C(NCCc1ccc(C(C)(C)C)cc1)NCC1CCN(C)CC1. The Morgan fingerprint density at radius 1 is 1.12 bits per heavy atom. The van der Waals surface area contributed by atoms with Crippen LogP contribution in [0.25, 0.3) is 0 Å². The van der Waals surface area contributed by atoms with Gasteiger partial charge in [0.15, 0.2) is 5.96 Å². The largest absolute Gasteiger partial charge is 0.356 e. The fourth-order valence-electron chi connectivity index (χ4n) is 3.22. The van der Waals surface area contributed by atoms with Crippen molar-refractivity contribution in [2.45, 2.75) is 45.4 Å². The highest BCUT2D eigenvalue weighted by atomic mass is 15.2. The van der Waals surface area contributed by atoms with Crippen molar-refractivity contribution < 1.29 is 0 Å². The van der Waals surface area contributed by atoms with E-state index in [2.05, 4.69) is 72.6 Å². The Balaban J connectivity index is 1.70. The third-order valence-corrected chi connectivity index (χ3v) is 5.15. The third-order valence-electron chi connectivity index (χ3n) is 5.15. The highest BCUT2D eigenvalue weighted by molar-refractivity contribution is 5.79. The van der Waals surface area contributed by atoms with Gasteiger partial charge in [0, 0.05) is 20.1 Å². The summed E-state index contributed by atoms with van der Waals surface area (Å²) in [5.74, 6) is 1.69. The molecule has 0 aromatic heterocycles. The molecular formula is C21H36N4. The van der Waals surface area contributed by atoms with Crippen LogP contribution in [0.5, 0.6) is 0 Å². The highest BCUT2D eigenvalue weighted by Crippen LogP contribution is 2.22. The van der Waals surface area contributed by atoms with Crippen LogP contribution in [0.15, 0.2) is 29.3 Å². The lowest BCUT2D eigenvalue weighted by atomic mass is 9.86. The summed E-state index contributed by atoms with van der Waals surface area (Å²) in [6.07, 6.45) is 3.57. The lowest BCUT2D eigenvalue weighted by molar-refractivity contribution is 0.220. The fraction of sp³-hybridized carbons (Fsp3) is 0.667. The minimum atomic E-state index is 0.219. The van der Waals surface area contributed by atoms with Crippen molar-refractivity contribution in [3.05, 3.63) is 35.4 Å². The van der Waals surface area contributed by atoms with Gasteiger partial charge >= 0.3 is 0 Å². The fourth-order valence-corrected chi connectivity index (χ4v) is 3.22. The maximum Gasteiger partial charge on any atom is 0.190 e. The molecule has 0 aliphatic carbocycles. The predicted octanol–water partition coefficient (Wildman–Crippen LogP) is 3.03. The number of hydrogen-bond donors (Lipinski definition) is 2. The van der Waals surface area contributed by atoms with E-state index in [1.807, 2.05) is 7.05 Å². The molecule has 0 saturated carbocycles. The topological polar surface area (TPSA) is 39.7 Å². The average molecular weight is 345 g/mol. The lowest BCUT2D eigenvalue weighted by Gasteiger charge is -2.29. The van der Waals surface area contributed by atoms with E-state index in [9.17, 15) is 0 Å². The predicted molar refractivity (Wildman–Crippen MR) is 108 cm³/mol.